The first-order valence-corrected chi connectivity index (χ1v) is 11.7. The van der Waals surface area contributed by atoms with Crippen molar-refractivity contribution in [2.75, 3.05) is 13.1 Å². The lowest BCUT2D eigenvalue weighted by Crippen LogP contribution is -2.33. The standard InChI is InChI=1S/C23H44N2O5/c1-23(2,3)30-22(29)25-19-15-11-12-16-20(26)24-18-14-10-8-6-4-5-7-9-13-17-21(27)28/h4-19H2,1-3H3,(H,24,26)(H,25,29)(H,27,28). The lowest BCUT2D eigenvalue weighted by atomic mass is 10.1. The van der Waals surface area contributed by atoms with Crippen molar-refractivity contribution in [1.82, 2.24) is 10.6 Å². The highest BCUT2D eigenvalue weighted by atomic mass is 16.6. The molecule has 0 aromatic heterocycles. The minimum absolute atomic E-state index is 0.108. The molecule has 0 saturated heterocycles. The number of nitrogens with one attached hydrogen (secondary N) is 2. The Morgan fingerprint density at radius 3 is 1.63 bits per heavy atom. The van der Waals surface area contributed by atoms with Crippen LogP contribution in [0.4, 0.5) is 4.79 Å². The molecule has 7 nitrogen and oxygen atoms in total. The van der Waals surface area contributed by atoms with Gasteiger partial charge in [0.25, 0.3) is 0 Å². The van der Waals surface area contributed by atoms with Gasteiger partial charge in [-0.15, -0.1) is 0 Å². The first kappa shape index (κ1) is 28.2. The quantitative estimate of drug-likeness (QED) is 0.261. The summed E-state index contributed by atoms with van der Waals surface area (Å²) in [4.78, 5) is 33.7. The normalized spacial score (nSPS) is 11.2. The van der Waals surface area contributed by atoms with Crippen molar-refractivity contribution < 1.29 is 24.2 Å². The Bertz CT molecular complexity index is 475. The number of carbonyl (C=O) groups excluding carboxylic acids is 2. The molecule has 0 aliphatic carbocycles. The summed E-state index contributed by atoms with van der Waals surface area (Å²) in [6.45, 7) is 6.82. The van der Waals surface area contributed by atoms with E-state index in [1.165, 1.54) is 25.7 Å². The second-order valence-electron chi connectivity index (χ2n) is 8.92. The van der Waals surface area contributed by atoms with Gasteiger partial charge in [0.1, 0.15) is 5.60 Å². The van der Waals surface area contributed by atoms with Crippen LogP contribution in [-0.2, 0) is 14.3 Å². The molecule has 3 N–H and O–H groups in total. The fourth-order valence-electron chi connectivity index (χ4n) is 3.05. The molecule has 176 valence electrons. The third kappa shape index (κ3) is 22.5. The van der Waals surface area contributed by atoms with Crippen molar-refractivity contribution >= 4 is 18.0 Å². The predicted molar refractivity (Wildman–Crippen MR) is 120 cm³/mol. The van der Waals surface area contributed by atoms with Crippen LogP contribution >= 0.6 is 0 Å². The number of aliphatic carboxylic acids is 1. The van der Waals surface area contributed by atoms with Gasteiger partial charge in [-0.05, 0) is 46.5 Å². The van der Waals surface area contributed by atoms with Crippen LogP contribution in [0.25, 0.3) is 0 Å². The van der Waals surface area contributed by atoms with Crippen LogP contribution in [0.1, 0.15) is 111 Å². The zero-order chi connectivity index (χ0) is 22.7. The average Bonchev–Trinajstić information content (AvgIpc) is 2.63. The summed E-state index contributed by atoms with van der Waals surface area (Å²) >= 11 is 0. The molecular weight excluding hydrogens is 384 g/mol. The van der Waals surface area contributed by atoms with Gasteiger partial charge in [0.2, 0.25) is 5.91 Å². The van der Waals surface area contributed by atoms with E-state index < -0.39 is 17.7 Å². The highest BCUT2D eigenvalue weighted by molar-refractivity contribution is 5.75. The monoisotopic (exact) mass is 428 g/mol. The Morgan fingerprint density at radius 1 is 0.667 bits per heavy atom. The van der Waals surface area contributed by atoms with Crippen LogP contribution in [-0.4, -0.2) is 41.8 Å². The number of amides is 2. The van der Waals surface area contributed by atoms with Crippen molar-refractivity contribution in [1.29, 1.82) is 0 Å². The second-order valence-corrected chi connectivity index (χ2v) is 8.92. The fourth-order valence-corrected chi connectivity index (χ4v) is 3.05. The van der Waals surface area contributed by atoms with Crippen LogP contribution < -0.4 is 10.6 Å². The van der Waals surface area contributed by atoms with Gasteiger partial charge in [-0.25, -0.2) is 4.79 Å². The molecular formula is C23H44N2O5. The minimum Gasteiger partial charge on any atom is -0.481 e. The van der Waals surface area contributed by atoms with Crippen molar-refractivity contribution in [2.45, 2.75) is 116 Å². The number of rotatable bonds is 18. The summed E-state index contributed by atoms with van der Waals surface area (Å²) in [5.41, 5.74) is -0.479. The van der Waals surface area contributed by atoms with E-state index >= 15 is 0 Å². The molecule has 30 heavy (non-hydrogen) atoms. The Morgan fingerprint density at radius 2 is 1.10 bits per heavy atom. The van der Waals surface area contributed by atoms with E-state index in [-0.39, 0.29) is 12.3 Å². The predicted octanol–water partition coefficient (Wildman–Crippen LogP) is 5.17. The average molecular weight is 429 g/mol. The molecule has 0 aromatic rings. The van der Waals surface area contributed by atoms with Gasteiger partial charge in [0, 0.05) is 25.9 Å². The summed E-state index contributed by atoms with van der Waals surface area (Å²) in [7, 11) is 0. The summed E-state index contributed by atoms with van der Waals surface area (Å²) in [6, 6.07) is 0. The van der Waals surface area contributed by atoms with E-state index in [0.29, 0.717) is 13.0 Å². The first-order chi connectivity index (χ1) is 14.2. The summed E-state index contributed by atoms with van der Waals surface area (Å²) in [6.07, 6.45) is 12.9. The van der Waals surface area contributed by atoms with E-state index in [1.54, 1.807) is 0 Å². The molecule has 0 radical (unpaired) electrons. The number of alkyl carbamates (subject to hydrolysis) is 1. The third-order valence-corrected chi connectivity index (χ3v) is 4.64. The smallest absolute Gasteiger partial charge is 0.407 e. The van der Waals surface area contributed by atoms with Crippen molar-refractivity contribution in [3.05, 3.63) is 0 Å². The molecule has 0 aliphatic heterocycles. The number of hydrogen-bond acceptors (Lipinski definition) is 4. The number of unbranched alkanes of at least 4 members (excludes halogenated alkanes) is 10. The Hall–Kier alpha value is -1.79. The molecule has 0 fully saturated rings. The van der Waals surface area contributed by atoms with Crippen LogP contribution in [0.15, 0.2) is 0 Å². The molecule has 0 bridgehead atoms. The maximum atomic E-state index is 11.8. The van der Waals surface area contributed by atoms with Gasteiger partial charge < -0.3 is 20.5 Å². The van der Waals surface area contributed by atoms with Crippen LogP contribution in [0, 0.1) is 0 Å². The molecule has 0 aromatic carbocycles. The summed E-state index contributed by atoms with van der Waals surface area (Å²) in [5.74, 6) is -0.592. The molecule has 0 rings (SSSR count). The molecule has 2 amide bonds. The fraction of sp³-hybridized carbons (Fsp3) is 0.870. The zero-order valence-electron chi connectivity index (χ0n) is 19.4. The maximum absolute atomic E-state index is 11.8. The number of carboxylic acid groups (broad SMARTS) is 1. The van der Waals surface area contributed by atoms with Gasteiger partial charge >= 0.3 is 12.1 Å². The van der Waals surface area contributed by atoms with Crippen LogP contribution in [0.2, 0.25) is 0 Å². The Balaban J connectivity index is 3.31. The largest absolute Gasteiger partial charge is 0.481 e. The minimum atomic E-state index is -0.699. The molecule has 7 heteroatoms. The van der Waals surface area contributed by atoms with Gasteiger partial charge in [-0.1, -0.05) is 51.4 Å². The number of carbonyl (C=O) groups is 3. The van der Waals surface area contributed by atoms with Gasteiger partial charge in [0.15, 0.2) is 0 Å². The van der Waals surface area contributed by atoms with E-state index in [2.05, 4.69) is 10.6 Å². The van der Waals surface area contributed by atoms with Crippen molar-refractivity contribution in [2.24, 2.45) is 0 Å². The lowest BCUT2D eigenvalue weighted by Gasteiger charge is -2.19. The molecule has 0 unspecified atom stereocenters. The molecule has 0 aliphatic rings. The van der Waals surface area contributed by atoms with Crippen LogP contribution in [0.5, 0.6) is 0 Å². The van der Waals surface area contributed by atoms with Gasteiger partial charge in [-0.3, -0.25) is 9.59 Å². The highest BCUT2D eigenvalue weighted by Gasteiger charge is 2.15. The summed E-state index contributed by atoms with van der Waals surface area (Å²) < 4.78 is 5.16. The SMILES string of the molecule is CC(C)(C)OC(=O)NCCCCCC(=O)NCCCCCCCCCCCC(=O)O. The Kier molecular flexibility index (Phi) is 16.9. The van der Waals surface area contributed by atoms with Gasteiger partial charge in [-0.2, -0.15) is 0 Å². The first-order valence-electron chi connectivity index (χ1n) is 11.7. The number of ether oxygens (including phenoxy) is 1. The van der Waals surface area contributed by atoms with E-state index in [1.807, 2.05) is 20.8 Å². The second kappa shape index (κ2) is 18.0. The van der Waals surface area contributed by atoms with E-state index in [0.717, 1.165) is 57.9 Å². The van der Waals surface area contributed by atoms with Crippen molar-refractivity contribution in [3.8, 4) is 0 Å². The van der Waals surface area contributed by atoms with Gasteiger partial charge in [0.05, 0.1) is 0 Å². The van der Waals surface area contributed by atoms with Crippen molar-refractivity contribution in [3.63, 3.8) is 0 Å². The number of carboxylic acids is 1. The topological polar surface area (TPSA) is 105 Å². The zero-order valence-corrected chi connectivity index (χ0v) is 19.4. The van der Waals surface area contributed by atoms with E-state index in [4.69, 9.17) is 9.84 Å². The molecule has 0 spiro atoms. The molecule has 0 atom stereocenters. The lowest BCUT2D eigenvalue weighted by molar-refractivity contribution is -0.137. The third-order valence-electron chi connectivity index (χ3n) is 4.64. The molecule has 0 heterocycles. The number of hydrogen-bond donors (Lipinski definition) is 3. The molecule has 0 saturated carbocycles. The Labute approximate surface area is 182 Å². The summed E-state index contributed by atoms with van der Waals surface area (Å²) in [5, 5.41) is 14.3. The van der Waals surface area contributed by atoms with E-state index in [9.17, 15) is 14.4 Å². The van der Waals surface area contributed by atoms with Crippen LogP contribution in [0.3, 0.4) is 0 Å². The maximum Gasteiger partial charge on any atom is 0.407 e. The highest BCUT2D eigenvalue weighted by Crippen LogP contribution is 2.10.